The minimum absolute atomic E-state index is 0.385. The Balaban J connectivity index is 1.70. The monoisotopic (exact) mass is 463 g/mol. The molecule has 0 unspecified atom stereocenters. The molecule has 0 saturated heterocycles. The van der Waals surface area contributed by atoms with Gasteiger partial charge in [0.2, 0.25) is 0 Å². The largest absolute Gasteiger partial charge is 0.488 e. The van der Waals surface area contributed by atoms with E-state index in [1.807, 2.05) is 24.3 Å². The number of halogens is 3. The van der Waals surface area contributed by atoms with Crippen LogP contribution in [0.3, 0.4) is 0 Å². The zero-order valence-corrected chi connectivity index (χ0v) is 18.0. The molecular weight excluding hydrogens is 445 g/mol. The molecule has 1 N–H and O–H groups in total. The lowest BCUT2D eigenvalue weighted by Gasteiger charge is -2.14. The van der Waals surface area contributed by atoms with Crippen LogP contribution in [-0.2, 0) is 19.6 Å². The number of aryl methyl sites for hydroxylation is 1. The Morgan fingerprint density at radius 2 is 1.70 bits per heavy atom. The van der Waals surface area contributed by atoms with Crippen LogP contribution in [0.1, 0.15) is 23.6 Å². The molecule has 0 bridgehead atoms. The minimum atomic E-state index is 0.385. The zero-order valence-electron chi connectivity index (χ0n) is 14.9. The van der Waals surface area contributed by atoms with Crippen LogP contribution in [0.15, 0.2) is 65.1 Å². The van der Waals surface area contributed by atoms with Crippen molar-refractivity contribution in [1.82, 2.24) is 0 Å². The molecule has 3 aromatic carbocycles. The standard InChI is InChI=1S/C22H20BrCl2NO/c1-2-15-3-8-20(9-4-15)26-13-17-11-18(23)6-10-22(17)27-14-16-5-7-19(24)12-21(16)25/h3-12,26H,2,13-14H2,1H3. The summed E-state index contributed by atoms with van der Waals surface area (Å²) in [5.74, 6) is 0.821. The van der Waals surface area contributed by atoms with Crippen LogP contribution in [0.2, 0.25) is 10.0 Å². The van der Waals surface area contributed by atoms with Crippen LogP contribution >= 0.6 is 39.1 Å². The van der Waals surface area contributed by atoms with Gasteiger partial charge >= 0.3 is 0 Å². The highest BCUT2D eigenvalue weighted by molar-refractivity contribution is 9.10. The molecule has 0 fully saturated rings. The van der Waals surface area contributed by atoms with E-state index < -0.39 is 0 Å². The van der Waals surface area contributed by atoms with Gasteiger partial charge in [-0.3, -0.25) is 0 Å². The Morgan fingerprint density at radius 3 is 2.41 bits per heavy atom. The van der Waals surface area contributed by atoms with Gasteiger partial charge in [0, 0.05) is 37.9 Å². The van der Waals surface area contributed by atoms with Crippen molar-refractivity contribution in [2.24, 2.45) is 0 Å². The van der Waals surface area contributed by atoms with Gasteiger partial charge in [0.05, 0.1) is 0 Å². The molecule has 0 aromatic heterocycles. The van der Waals surface area contributed by atoms with E-state index in [4.69, 9.17) is 27.9 Å². The van der Waals surface area contributed by atoms with Crippen molar-refractivity contribution >= 4 is 44.8 Å². The fourth-order valence-electron chi connectivity index (χ4n) is 2.68. The van der Waals surface area contributed by atoms with E-state index in [1.165, 1.54) is 5.56 Å². The van der Waals surface area contributed by atoms with Crippen molar-refractivity contribution in [2.45, 2.75) is 26.5 Å². The van der Waals surface area contributed by atoms with Gasteiger partial charge in [0.1, 0.15) is 12.4 Å². The predicted octanol–water partition coefficient (Wildman–Crippen LogP) is 7.51. The van der Waals surface area contributed by atoms with E-state index in [1.54, 1.807) is 6.07 Å². The molecule has 0 aliphatic rings. The number of nitrogens with one attached hydrogen (secondary N) is 1. The van der Waals surface area contributed by atoms with Gasteiger partial charge in [0.15, 0.2) is 0 Å². The third kappa shape index (κ3) is 5.65. The molecule has 3 rings (SSSR count). The number of hydrogen-bond donors (Lipinski definition) is 1. The van der Waals surface area contributed by atoms with Crippen LogP contribution in [0.4, 0.5) is 5.69 Å². The van der Waals surface area contributed by atoms with E-state index in [2.05, 4.69) is 58.5 Å². The highest BCUT2D eigenvalue weighted by Gasteiger charge is 2.08. The van der Waals surface area contributed by atoms with Gasteiger partial charge in [-0.1, -0.05) is 64.3 Å². The Labute approximate surface area is 178 Å². The first kappa shape index (κ1) is 20.1. The summed E-state index contributed by atoms with van der Waals surface area (Å²) < 4.78 is 7.05. The molecular formula is C22H20BrCl2NO. The summed E-state index contributed by atoms with van der Waals surface area (Å²) in [4.78, 5) is 0. The highest BCUT2D eigenvalue weighted by Crippen LogP contribution is 2.27. The van der Waals surface area contributed by atoms with Crippen molar-refractivity contribution in [3.63, 3.8) is 0 Å². The molecule has 3 aromatic rings. The van der Waals surface area contributed by atoms with Crippen molar-refractivity contribution in [2.75, 3.05) is 5.32 Å². The summed E-state index contributed by atoms with van der Waals surface area (Å²) in [7, 11) is 0. The molecule has 0 spiro atoms. The summed E-state index contributed by atoms with van der Waals surface area (Å²) in [5, 5.41) is 4.68. The Hall–Kier alpha value is -1.68. The number of rotatable bonds is 7. The first-order chi connectivity index (χ1) is 13.0. The summed E-state index contributed by atoms with van der Waals surface area (Å²) >= 11 is 15.7. The number of anilines is 1. The quantitative estimate of drug-likeness (QED) is 0.390. The second kappa shape index (κ2) is 9.50. The summed E-state index contributed by atoms with van der Waals surface area (Å²) in [6, 6.07) is 19.9. The normalized spacial score (nSPS) is 10.7. The lowest BCUT2D eigenvalue weighted by molar-refractivity contribution is 0.303. The third-order valence-corrected chi connectivity index (χ3v) is 5.35. The number of ether oxygens (including phenoxy) is 1. The topological polar surface area (TPSA) is 21.3 Å². The third-order valence-electron chi connectivity index (χ3n) is 4.27. The van der Waals surface area contributed by atoms with Crippen molar-refractivity contribution in [3.8, 4) is 5.75 Å². The molecule has 0 radical (unpaired) electrons. The van der Waals surface area contributed by atoms with E-state index in [9.17, 15) is 0 Å². The fraction of sp³-hybridized carbons (Fsp3) is 0.182. The van der Waals surface area contributed by atoms with Crippen molar-refractivity contribution in [1.29, 1.82) is 0 Å². The molecule has 27 heavy (non-hydrogen) atoms. The van der Waals surface area contributed by atoms with Crippen molar-refractivity contribution < 1.29 is 4.74 Å². The summed E-state index contributed by atoms with van der Waals surface area (Å²) in [5.41, 5.74) is 4.37. The van der Waals surface area contributed by atoms with Gasteiger partial charge in [-0.2, -0.15) is 0 Å². The van der Waals surface area contributed by atoms with Gasteiger partial charge in [0.25, 0.3) is 0 Å². The molecule has 140 valence electrons. The Morgan fingerprint density at radius 1 is 0.926 bits per heavy atom. The first-order valence-electron chi connectivity index (χ1n) is 8.73. The van der Waals surface area contributed by atoms with E-state index in [0.717, 1.165) is 33.5 Å². The van der Waals surface area contributed by atoms with Crippen LogP contribution in [-0.4, -0.2) is 0 Å². The van der Waals surface area contributed by atoms with Crippen LogP contribution < -0.4 is 10.1 Å². The SMILES string of the molecule is CCc1ccc(NCc2cc(Br)ccc2OCc2ccc(Cl)cc2Cl)cc1. The maximum Gasteiger partial charge on any atom is 0.124 e. The maximum absolute atomic E-state index is 6.24. The molecule has 0 heterocycles. The average Bonchev–Trinajstić information content (AvgIpc) is 2.67. The molecule has 2 nitrogen and oxygen atoms in total. The van der Waals surface area contributed by atoms with E-state index >= 15 is 0 Å². The fourth-order valence-corrected chi connectivity index (χ4v) is 3.55. The molecule has 0 amide bonds. The molecule has 0 aliphatic carbocycles. The Bertz CT molecular complexity index is 913. The summed E-state index contributed by atoms with van der Waals surface area (Å²) in [6.07, 6.45) is 1.04. The zero-order chi connectivity index (χ0) is 19.2. The molecule has 0 aliphatic heterocycles. The van der Waals surface area contributed by atoms with E-state index in [0.29, 0.717) is 23.2 Å². The van der Waals surface area contributed by atoms with Crippen LogP contribution in [0, 0.1) is 0 Å². The lowest BCUT2D eigenvalue weighted by Crippen LogP contribution is -2.04. The highest BCUT2D eigenvalue weighted by atomic mass is 79.9. The molecule has 5 heteroatoms. The smallest absolute Gasteiger partial charge is 0.124 e. The van der Waals surface area contributed by atoms with Gasteiger partial charge in [-0.15, -0.1) is 0 Å². The lowest BCUT2D eigenvalue weighted by atomic mass is 10.1. The Kier molecular flexibility index (Phi) is 7.06. The minimum Gasteiger partial charge on any atom is -0.488 e. The maximum atomic E-state index is 6.24. The van der Waals surface area contributed by atoms with Gasteiger partial charge in [-0.25, -0.2) is 0 Å². The first-order valence-corrected chi connectivity index (χ1v) is 10.3. The van der Waals surface area contributed by atoms with Gasteiger partial charge in [-0.05, 0) is 54.4 Å². The van der Waals surface area contributed by atoms with E-state index in [-0.39, 0.29) is 0 Å². The molecule has 0 saturated carbocycles. The number of benzene rings is 3. The molecule has 0 atom stereocenters. The predicted molar refractivity (Wildman–Crippen MR) is 118 cm³/mol. The van der Waals surface area contributed by atoms with Crippen molar-refractivity contribution in [3.05, 3.63) is 91.9 Å². The average molecular weight is 465 g/mol. The van der Waals surface area contributed by atoms with Gasteiger partial charge < -0.3 is 10.1 Å². The second-order valence-corrected chi connectivity index (χ2v) is 7.94. The second-order valence-electron chi connectivity index (χ2n) is 6.18. The van der Waals surface area contributed by atoms with Crippen LogP contribution in [0.5, 0.6) is 5.75 Å². The number of hydrogen-bond acceptors (Lipinski definition) is 2. The summed E-state index contributed by atoms with van der Waals surface area (Å²) in [6.45, 7) is 3.20. The van der Waals surface area contributed by atoms with Crippen LogP contribution in [0.25, 0.3) is 0 Å².